The largest absolute Gasteiger partial charge is 0.497 e. The third kappa shape index (κ3) is 2.66. The highest BCUT2D eigenvalue weighted by Crippen LogP contribution is 2.17. The van der Waals surface area contributed by atoms with Crippen LogP contribution in [0.4, 0.5) is 5.69 Å². The van der Waals surface area contributed by atoms with Crippen LogP contribution in [0.5, 0.6) is 5.75 Å². The summed E-state index contributed by atoms with van der Waals surface area (Å²) in [6.07, 6.45) is 0. The van der Waals surface area contributed by atoms with E-state index in [1.807, 2.05) is 36.4 Å². The second-order valence-corrected chi connectivity index (χ2v) is 3.60. The van der Waals surface area contributed by atoms with Gasteiger partial charge in [0, 0.05) is 11.6 Å². The minimum Gasteiger partial charge on any atom is -0.497 e. The molecule has 0 aliphatic carbocycles. The van der Waals surface area contributed by atoms with E-state index in [9.17, 15) is 0 Å². The van der Waals surface area contributed by atoms with E-state index in [1.54, 1.807) is 19.2 Å². The molecule has 0 heterocycles. The quantitative estimate of drug-likeness (QED) is 0.559. The Morgan fingerprint density at radius 1 is 1.00 bits per heavy atom. The van der Waals surface area contributed by atoms with Crippen molar-refractivity contribution in [3.8, 4) is 17.6 Å². The van der Waals surface area contributed by atoms with E-state index in [-0.39, 0.29) is 0 Å². The van der Waals surface area contributed by atoms with Crippen LogP contribution in [0.15, 0.2) is 48.5 Å². The molecular formula is C15H11N2O+. The molecule has 0 atom stereocenters. The molecule has 0 saturated heterocycles. The van der Waals surface area contributed by atoms with Crippen molar-refractivity contribution in [1.29, 1.82) is 5.39 Å². The van der Waals surface area contributed by atoms with Crippen molar-refractivity contribution < 1.29 is 4.74 Å². The van der Waals surface area contributed by atoms with Crippen molar-refractivity contribution in [3.05, 3.63) is 64.6 Å². The molecule has 0 fully saturated rings. The lowest BCUT2D eigenvalue weighted by atomic mass is 10.1. The molecular weight excluding hydrogens is 224 g/mol. The molecule has 2 aromatic rings. The highest BCUT2D eigenvalue weighted by molar-refractivity contribution is 5.60. The summed E-state index contributed by atoms with van der Waals surface area (Å²) in [6, 6.07) is 14.6. The summed E-state index contributed by atoms with van der Waals surface area (Å²) in [5.41, 5.74) is 2.04. The average molecular weight is 235 g/mol. The molecule has 0 aromatic heterocycles. The molecule has 0 N–H and O–H groups in total. The molecule has 0 aliphatic rings. The molecule has 0 unspecified atom stereocenters. The molecule has 18 heavy (non-hydrogen) atoms. The van der Waals surface area contributed by atoms with Crippen molar-refractivity contribution in [2.24, 2.45) is 0 Å². The zero-order chi connectivity index (χ0) is 12.8. The topological polar surface area (TPSA) is 37.4 Å². The van der Waals surface area contributed by atoms with Gasteiger partial charge in [-0.15, -0.1) is 0 Å². The van der Waals surface area contributed by atoms with Gasteiger partial charge in [-0.3, -0.25) is 0 Å². The Balaban J connectivity index is 2.28. The van der Waals surface area contributed by atoms with E-state index in [2.05, 4.69) is 16.8 Å². The molecule has 0 bridgehead atoms. The Labute approximate surface area is 106 Å². The van der Waals surface area contributed by atoms with E-state index >= 15 is 0 Å². The number of hydrogen-bond acceptors (Lipinski definition) is 2. The summed E-state index contributed by atoms with van der Waals surface area (Å²) >= 11 is 0. The molecule has 2 rings (SSSR count). The van der Waals surface area contributed by atoms with Crippen LogP contribution in [-0.4, -0.2) is 7.11 Å². The normalized spacial score (nSPS) is 8.89. The Kier molecular flexibility index (Phi) is 3.59. The summed E-state index contributed by atoms with van der Waals surface area (Å²) in [5, 5.41) is 8.82. The fraction of sp³-hybridized carbons (Fsp3) is 0.0667. The first-order valence-electron chi connectivity index (χ1n) is 5.43. The van der Waals surface area contributed by atoms with Crippen LogP contribution >= 0.6 is 0 Å². The molecule has 2 aromatic carbocycles. The highest BCUT2D eigenvalue weighted by atomic mass is 16.5. The van der Waals surface area contributed by atoms with Crippen LogP contribution in [0.2, 0.25) is 0 Å². The van der Waals surface area contributed by atoms with E-state index in [4.69, 9.17) is 10.1 Å². The maximum Gasteiger partial charge on any atom is 0.400 e. The molecule has 3 nitrogen and oxygen atoms in total. The van der Waals surface area contributed by atoms with Crippen molar-refractivity contribution >= 4 is 5.69 Å². The first kappa shape index (κ1) is 11.7. The Morgan fingerprint density at radius 3 is 2.39 bits per heavy atom. The van der Waals surface area contributed by atoms with Crippen LogP contribution in [0.25, 0.3) is 4.98 Å². The Hall–Kier alpha value is -2.78. The summed E-state index contributed by atoms with van der Waals surface area (Å²) < 4.78 is 5.07. The zero-order valence-electron chi connectivity index (χ0n) is 9.92. The fourth-order valence-electron chi connectivity index (χ4n) is 1.48. The van der Waals surface area contributed by atoms with Gasteiger partial charge in [0.2, 0.25) is 5.39 Å². The molecule has 0 spiro atoms. The SMILES string of the molecule is COc1ccc(C#Cc2ccccc2[N+]#N)cc1. The number of nitrogens with zero attached hydrogens (tertiary/aromatic N) is 2. The number of ether oxygens (including phenoxy) is 1. The highest BCUT2D eigenvalue weighted by Gasteiger charge is 2.08. The molecule has 3 heteroatoms. The van der Waals surface area contributed by atoms with Gasteiger partial charge in [-0.1, -0.05) is 24.0 Å². The summed E-state index contributed by atoms with van der Waals surface area (Å²) in [6.45, 7) is 0. The summed E-state index contributed by atoms with van der Waals surface area (Å²) in [7, 11) is 1.62. The van der Waals surface area contributed by atoms with Crippen molar-refractivity contribution in [1.82, 2.24) is 0 Å². The van der Waals surface area contributed by atoms with E-state index in [0.717, 1.165) is 11.3 Å². The van der Waals surface area contributed by atoms with Crippen molar-refractivity contribution in [2.75, 3.05) is 7.11 Å². The number of rotatable bonds is 1. The van der Waals surface area contributed by atoms with Gasteiger partial charge < -0.3 is 4.74 Å². The number of methoxy groups -OCH3 is 1. The van der Waals surface area contributed by atoms with Crippen LogP contribution in [0.1, 0.15) is 11.1 Å². The predicted molar refractivity (Wildman–Crippen MR) is 70.2 cm³/mol. The van der Waals surface area contributed by atoms with Crippen LogP contribution in [0.3, 0.4) is 0 Å². The van der Waals surface area contributed by atoms with Gasteiger partial charge in [0.05, 0.1) is 7.11 Å². The second kappa shape index (κ2) is 5.52. The maximum absolute atomic E-state index is 8.82. The van der Waals surface area contributed by atoms with Gasteiger partial charge in [-0.05, 0) is 30.3 Å². The number of hydrogen-bond donors (Lipinski definition) is 0. The van der Waals surface area contributed by atoms with Gasteiger partial charge >= 0.3 is 5.69 Å². The van der Waals surface area contributed by atoms with Gasteiger partial charge in [0.1, 0.15) is 11.3 Å². The smallest absolute Gasteiger partial charge is 0.400 e. The van der Waals surface area contributed by atoms with Crippen LogP contribution in [0, 0.1) is 17.2 Å². The fourth-order valence-corrected chi connectivity index (χ4v) is 1.48. The Morgan fingerprint density at radius 2 is 1.72 bits per heavy atom. The van der Waals surface area contributed by atoms with E-state index in [0.29, 0.717) is 11.3 Å². The second-order valence-electron chi connectivity index (χ2n) is 3.60. The monoisotopic (exact) mass is 235 g/mol. The van der Waals surface area contributed by atoms with E-state index < -0.39 is 0 Å². The third-order valence-corrected chi connectivity index (χ3v) is 2.44. The van der Waals surface area contributed by atoms with Crippen LogP contribution in [-0.2, 0) is 0 Å². The average Bonchev–Trinajstić information content (AvgIpc) is 2.46. The first-order chi connectivity index (χ1) is 8.83. The molecule has 0 aliphatic heterocycles. The van der Waals surface area contributed by atoms with Crippen molar-refractivity contribution in [3.63, 3.8) is 0 Å². The Bertz CT molecular complexity index is 643. The lowest BCUT2D eigenvalue weighted by Gasteiger charge is -1.97. The van der Waals surface area contributed by atoms with Crippen molar-refractivity contribution in [2.45, 2.75) is 0 Å². The summed E-state index contributed by atoms with van der Waals surface area (Å²) in [5.74, 6) is 6.78. The van der Waals surface area contributed by atoms with Gasteiger partial charge in [0.15, 0.2) is 4.98 Å². The zero-order valence-corrected chi connectivity index (χ0v) is 9.92. The van der Waals surface area contributed by atoms with Crippen LogP contribution < -0.4 is 4.74 Å². The molecule has 0 amide bonds. The maximum atomic E-state index is 8.82. The van der Waals surface area contributed by atoms with Gasteiger partial charge in [-0.2, -0.15) is 0 Å². The number of diazo groups is 1. The van der Waals surface area contributed by atoms with E-state index in [1.165, 1.54) is 0 Å². The van der Waals surface area contributed by atoms with Gasteiger partial charge in [-0.25, -0.2) is 0 Å². The first-order valence-corrected chi connectivity index (χ1v) is 5.43. The number of benzene rings is 2. The minimum absolute atomic E-state index is 0.471. The molecule has 0 saturated carbocycles. The summed E-state index contributed by atoms with van der Waals surface area (Å²) in [4.78, 5) is 3.19. The standard InChI is InChI=1S/C15H11N2O/c1-18-14-10-7-12(8-11-14)6-9-13-4-2-3-5-15(13)17-16/h2-5,7-8,10-11H,1H3/q+1. The lowest BCUT2D eigenvalue weighted by molar-refractivity contribution is 0.415. The molecule has 0 radical (unpaired) electrons. The lowest BCUT2D eigenvalue weighted by Crippen LogP contribution is -1.82. The molecule has 86 valence electrons. The predicted octanol–water partition coefficient (Wildman–Crippen LogP) is 3.58. The van der Waals surface area contributed by atoms with Gasteiger partial charge in [0.25, 0.3) is 0 Å². The third-order valence-electron chi connectivity index (χ3n) is 2.44. The minimum atomic E-state index is 0.471.